The molecule has 1 aliphatic rings. The summed E-state index contributed by atoms with van der Waals surface area (Å²) in [5.74, 6) is -1.21. The Hall–Kier alpha value is -4.97. The number of nitro benzene ring substituents is 1. The maximum absolute atomic E-state index is 13.1. The Morgan fingerprint density at radius 2 is 1.76 bits per heavy atom. The quantitative estimate of drug-likeness (QED) is 0.128. The van der Waals surface area contributed by atoms with Gasteiger partial charge in [0.15, 0.2) is 12.4 Å². The molecule has 1 saturated heterocycles. The first kappa shape index (κ1) is 30.0. The molecule has 0 bridgehead atoms. The number of ketones is 1. The van der Waals surface area contributed by atoms with Gasteiger partial charge in [-0.15, -0.1) is 0 Å². The van der Waals surface area contributed by atoms with Gasteiger partial charge in [0.1, 0.15) is 5.75 Å². The summed E-state index contributed by atoms with van der Waals surface area (Å²) in [7, 11) is 0. The number of ether oxygens (including phenoxy) is 1. The summed E-state index contributed by atoms with van der Waals surface area (Å²) < 4.78 is 5.86. The van der Waals surface area contributed by atoms with E-state index in [9.17, 15) is 29.3 Å². The number of anilines is 2. The van der Waals surface area contributed by atoms with Crippen LogP contribution >= 0.6 is 11.8 Å². The van der Waals surface area contributed by atoms with Crippen LogP contribution in [0.4, 0.5) is 21.9 Å². The molecule has 1 aliphatic heterocycles. The standard InChI is InChI=1S/C30H28N4O7S/c1-3-32(4-2)23-14-13-21(26(17-23)41-19-28(36)31-22-11-8-12-24(16-22)34(39)40)15-27-29(37)33(30(38)42-27)18-25(35)20-9-6-5-7-10-20/h5-17H,3-4,18-19H2,1-2H3,(H,31,36)/b27-15+. The predicted octanol–water partition coefficient (Wildman–Crippen LogP) is 5.38. The molecule has 4 rings (SSSR count). The van der Waals surface area contributed by atoms with Gasteiger partial charge < -0.3 is 15.0 Å². The molecule has 0 unspecified atom stereocenters. The Morgan fingerprint density at radius 1 is 1.02 bits per heavy atom. The molecule has 216 valence electrons. The molecule has 11 nitrogen and oxygen atoms in total. The van der Waals surface area contributed by atoms with Gasteiger partial charge in [-0.05, 0) is 49.9 Å². The number of non-ortho nitro benzene ring substituents is 1. The van der Waals surface area contributed by atoms with Crippen molar-refractivity contribution in [1.82, 2.24) is 4.90 Å². The van der Waals surface area contributed by atoms with Gasteiger partial charge in [-0.3, -0.25) is 34.2 Å². The fraction of sp³-hybridized carbons (Fsp3) is 0.200. The molecule has 0 atom stereocenters. The molecule has 3 aromatic rings. The summed E-state index contributed by atoms with van der Waals surface area (Å²) in [4.78, 5) is 64.6. The van der Waals surface area contributed by atoms with Gasteiger partial charge >= 0.3 is 0 Å². The third-order valence-corrected chi connectivity index (χ3v) is 7.29. The first-order chi connectivity index (χ1) is 20.2. The number of thioether (sulfide) groups is 1. The molecule has 1 N–H and O–H groups in total. The van der Waals surface area contributed by atoms with E-state index in [1.807, 2.05) is 19.9 Å². The average Bonchev–Trinajstić information content (AvgIpc) is 3.25. The van der Waals surface area contributed by atoms with Crippen LogP contribution in [0.3, 0.4) is 0 Å². The van der Waals surface area contributed by atoms with Crippen LogP contribution in [-0.2, 0) is 9.59 Å². The van der Waals surface area contributed by atoms with Crippen molar-refractivity contribution < 1.29 is 28.8 Å². The molecule has 42 heavy (non-hydrogen) atoms. The smallest absolute Gasteiger partial charge is 0.293 e. The zero-order valence-electron chi connectivity index (χ0n) is 22.9. The van der Waals surface area contributed by atoms with Crippen LogP contribution in [0.1, 0.15) is 29.8 Å². The van der Waals surface area contributed by atoms with Crippen LogP contribution in [0.15, 0.2) is 77.7 Å². The summed E-state index contributed by atoms with van der Waals surface area (Å²) in [6.45, 7) is 4.63. The maximum atomic E-state index is 13.1. The molecular weight excluding hydrogens is 560 g/mol. The lowest BCUT2D eigenvalue weighted by Crippen LogP contribution is -2.33. The zero-order valence-corrected chi connectivity index (χ0v) is 23.8. The van der Waals surface area contributed by atoms with Crippen LogP contribution in [0, 0.1) is 10.1 Å². The summed E-state index contributed by atoms with van der Waals surface area (Å²) >= 11 is 0.718. The normalized spacial score (nSPS) is 13.8. The number of Topliss-reactive ketones (excluding diaryl/α,β-unsaturated/α-hetero) is 1. The highest BCUT2D eigenvalue weighted by Crippen LogP contribution is 2.35. The van der Waals surface area contributed by atoms with Gasteiger partial charge in [0.2, 0.25) is 0 Å². The second-order valence-corrected chi connectivity index (χ2v) is 10.1. The van der Waals surface area contributed by atoms with Crippen molar-refractivity contribution in [2.24, 2.45) is 0 Å². The predicted molar refractivity (Wildman–Crippen MR) is 161 cm³/mol. The monoisotopic (exact) mass is 588 g/mol. The van der Waals surface area contributed by atoms with Crippen LogP contribution in [0.25, 0.3) is 6.08 Å². The van der Waals surface area contributed by atoms with E-state index in [0.717, 1.165) is 35.4 Å². The molecule has 3 aromatic carbocycles. The molecule has 0 aromatic heterocycles. The number of imide groups is 1. The maximum Gasteiger partial charge on any atom is 0.293 e. The second-order valence-electron chi connectivity index (χ2n) is 9.10. The van der Waals surface area contributed by atoms with E-state index in [-0.39, 0.29) is 28.6 Å². The van der Waals surface area contributed by atoms with Crippen LogP contribution < -0.4 is 15.0 Å². The minimum atomic E-state index is -0.600. The average molecular weight is 589 g/mol. The summed E-state index contributed by atoms with van der Waals surface area (Å²) in [6.07, 6.45) is 1.50. The number of rotatable bonds is 12. The molecule has 3 amide bonds. The van der Waals surface area contributed by atoms with Gasteiger partial charge in [-0.2, -0.15) is 0 Å². The SMILES string of the molecule is CCN(CC)c1ccc(/C=C2/SC(=O)N(CC(=O)c3ccccc3)C2=O)c(OCC(=O)Nc2cccc([N+](=O)[O-])c2)c1. The summed E-state index contributed by atoms with van der Waals surface area (Å²) in [5, 5.41) is 13.1. The van der Waals surface area contributed by atoms with Crippen LogP contribution in [0.2, 0.25) is 0 Å². The lowest BCUT2D eigenvalue weighted by atomic mass is 10.1. The molecule has 1 fully saturated rings. The second kappa shape index (κ2) is 13.6. The van der Waals surface area contributed by atoms with E-state index < -0.39 is 28.6 Å². The van der Waals surface area contributed by atoms with Crippen molar-refractivity contribution in [3.05, 3.63) is 98.9 Å². The van der Waals surface area contributed by atoms with Gasteiger partial charge in [-0.25, -0.2) is 0 Å². The molecule has 0 radical (unpaired) electrons. The number of nitrogens with one attached hydrogen (secondary N) is 1. The van der Waals surface area contributed by atoms with Gasteiger partial charge in [0.25, 0.3) is 22.7 Å². The Bertz CT molecular complexity index is 1550. The topological polar surface area (TPSA) is 139 Å². The molecule has 0 spiro atoms. The molecular formula is C30H28N4O7S. The fourth-order valence-corrected chi connectivity index (χ4v) is 5.06. The first-order valence-electron chi connectivity index (χ1n) is 13.1. The third-order valence-electron chi connectivity index (χ3n) is 6.38. The van der Waals surface area contributed by atoms with Gasteiger partial charge in [0.05, 0.1) is 16.4 Å². The Balaban J connectivity index is 1.54. The summed E-state index contributed by atoms with van der Waals surface area (Å²) in [6, 6.07) is 19.3. The minimum Gasteiger partial charge on any atom is -0.483 e. The van der Waals surface area contributed by atoms with E-state index in [0.29, 0.717) is 16.9 Å². The zero-order chi connectivity index (χ0) is 30.2. The molecule has 1 heterocycles. The third kappa shape index (κ3) is 7.21. The molecule has 12 heteroatoms. The molecule has 0 saturated carbocycles. The number of carbonyl (C=O) groups excluding carboxylic acids is 4. The largest absolute Gasteiger partial charge is 0.483 e. The van der Waals surface area contributed by atoms with Crippen LogP contribution in [-0.4, -0.2) is 58.9 Å². The van der Waals surface area contributed by atoms with Crippen LogP contribution in [0.5, 0.6) is 5.75 Å². The highest BCUT2D eigenvalue weighted by molar-refractivity contribution is 8.18. The minimum absolute atomic E-state index is 0.113. The van der Waals surface area contributed by atoms with Gasteiger partial charge in [0, 0.05) is 53.8 Å². The Morgan fingerprint density at radius 3 is 2.45 bits per heavy atom. The lowest BCUT2D eigenvalue weighted by Gasteiger charge is -2.22. The van der Waals surface area contributed by atoms with Crippen molar-refractivity contribution in [2.45, 2.75) is 13.8 Å². The first-order valence-corrected chi connectivity index (χ1v) is 13.9. The number of carbonyl (C=O) groups is 4. The van der Waals surface area contributed by atoms with Crippen molar-refractivity contribution in [3.63, 3.8) is 0 Å². The van der Waals surface area contributed by atoms with E-state index in [1.54, 1.807) is 42.5 Å². The number of nitrogens with zero attached hydrogens (tertiary/aromatic N) is 3. The Labute approximate surface area is 246 Å². The van der Waals surface area contributed by atoms with E-state index in [2.05, 4.69) is 10.2 Å². The number of hydrogen-bond donors (Lipinski definition) is 1. The van der Waals surface area contributed by atoms with Crippen molar-refractivity contribution in [1.29, 1.82) is 0 Å². The van der Waals surface area contributed by atoms with Crippen molar-refractivity contribution in [2.75, 3.05) is 36.5 Å². The number of hydrogen-bond acceptors (Lipinski definition) is 9. The van der Waals surface area contributed by atoms with Crippen molar-refractivity contribution in [3.8, 4) is 5.75 Å². The highest BCUT2D eigenvalue weighted by atomic mass is 32.2. The fourth-order valence-electron chi connectivity index (χ4n) is 4.23. The number of nitro groups is 1. The lowest BCUT2D eigenvalue weighted by molar-refractivity contribution is -0.384. The van der Waals surface area contributed by atoms with E-state index in [1.165, 1.54) is 30.3 Å². The van der Waals surface area contributed by atoms with Gasteiger partial charge in [-0.1, -0.05) is 36.4 Å². The highest BCUT2D eigenvalue weighted by Gasteiger charge is 2.36. The summed E-state index contributed by atoms with van der Waals surface area (Å²) in [5.41, 5.74) is 1.75. The Kier molecular flexibility index (Phi) is 9.71. The van der Waals surface area contributed by atoms with Crippen molar-refractivity contribution >= 4 is 57.7 Å². The molecule has 0 aliphatic carbocycles. The van der Waals surface area contributed by atoms with E-state index >= 15 is 0 Å². The number of benzene rings is 3. The van der Waals surface area contributed by atoms with E-state index in [4.69, 9.17) is 4.74 Å². The number of amides is 3.